The predicted molar refractivity (Wildman–Crippen MR) is 95.0 cm³/mol. The summed E-state index contributed by atoms with van der Waals surface area (Å²) < 4.78 is 37.6. The largest absolute Gasteiger partial charge is 0.416 e. The number of halogens is 3. The third-order valence-electron chi connectivity index (χ3n) is 3.72. The minimum Gasteiger partial charge on any atom is -0.348 e. The normalized spacial score (nSPS) is 11.4. The van der Waals surface area contributed by atoms with Crippen LogP contribution in [0.2, 0.25) is 0 Å². The number of nitrogens with zero attached hydrogens (tertiary/aromatic N) is 2. The molecule has 5 nitrogen and oxygen atoms in total. The van der Waals surface area contributed by atoms with E-state index in [1.165, 1.54) is 30.2 Å². The summed E-state index contributed by atoms with van der Waals surface area (Å²) in [4.78, 5) is 16.2. The molecular formula is C18H15F3N4OS. The second-order valence-electron chi connectivity index (χ2n) is 5.65. The van der Waals surface area contributed by atoms with Crippen molar-refractivity contribution in [2.45, 2.75) is 23.6 Å². The maximum Gasteiger partial charge on any atom is 0.416 e. The van der Waals surface area contributed by atoms with Crippen molar-refractivity contribution in [1.82, 2.24) is 20.5 Å². The monoisotopic (exact) mass is 392 g/mol. The van der Waals surface area contributed by atoms with E-state index < -0.39 is 11.7 Å². The van der Waals surface area contributed by atoms with E-state index in [4.69, 9.17) is 0 Å². The number of alkyl halides is 3. The topological polar surface area (TPSA) is 70.7 Å². The maximum absolute atomic E-state index is 12.5. The summed E-state index contributed by atoms with van der Waals surface area (Å²) in [6.07, 6.45) is -2.93. The van der Waals surface area contributed by atoms with Crippen LogP contribution in [-0.2, 0) is 18.5 Å². The molecule has 0 atom stereocenters. The molecular weight excluding hydrogens is 377 g/mol. The van der Waals surface area contributed by atoms with Crippen LogP contribution in [0.4, 0.5) is 13.2 Å². The fourth-order valence-corrected chi connectivity index (χ4v) is 3.00. The lowest BCUT2D eigenvalue weighted by atomic mass is 10.1. The molecule has 9 heteroatoms. The van der Waals surface area contributed by atoms with Crippen LogP contribution < -0.4 is 5.32 Å². The molecule has 0 aliphatic heterocycles. The Balaban J connectivity index is 1.52. The summed E-state index contributed by atoms with van der Waals surface area (Å²) in [5, 5.41) is 9.94. The number of carbonyl (C=O) groups excluding carboxylic acids is 1. The van der Waals surface area contributed by atoms with Gasteiger partial charge in [-0.05, 0) is 35.4 Å². The lowest BCUT2D eigenvalue weighted by molar-refractivity contribution is -0.137. The number of aromatic nitrogens is 3. The zero-order chi connectivity index (χ0) is 19.3. The van der Waals surface area contributed by atoms with Gasteiger partial charge < -0.3 is 5.32 Å². The van der Waals surface area contributed by atoms with Crippen LogP contribution in [-0.4, -0.2) is 21.1 Å². The molecule has 2 N–H and O–H groups in total. The van der Waals surface area contributed by atoms with Gasteiger partial charge in [0.2, 0.25) is 0 Å². The van der Waals surface area contributed by atoms with Crippen molar-refractivity contribution < 1.29 is 18.0 Å². The Bertz CT molecular complexity index is 878. The number of hydrogen-bond donors (Lipinski definition) is 2. The van der Waals surface area contributed by atoms with E-state index in [0.717, 1.165) is 17.7 Å². The third kappa shape index (κ3) is 5.33. The van der Waals surface area contributed by atoms with Gasteiger partial charge in [-0.3, -0.25) is 9.89 Å². The number of hydrogen-bond acceptors (Lipinski definition) is 4. The van der Waals surface area contributed by atoms with E-state index in [-0.39, 0.29) is 12.5 Å². The van der Waals surface area contributed by atoms with Gasteiger partial charge in [0, 0.05) is 17.9 Å². The van der Waals surface area contributed by atoms with Gasteiger partial charge in [-0.25, -0.2) is 4.98 Å². The molecule has 1 aromatic heterocycles. The van der Waals surface area contributed by atoms with Crippen LogP contribution in [0.3, 0.4) is 0 Å². The molecule has 0 aliphatic carbocycles. The second kappa shape index (κ2) is 8.26. The van der Waals surface area contributed by atoms with Crippen LogP contribution in [0, 0.1) is 0 Å². The highest BCUT2D eigenvalue weighted by molar-refractivity contribution is 7.98. The van der Waals surface area contributed by atoms with Gasteiger partial charge in [0.15, 0.2) is 5.16 Å². The number of H-pyrrole nitrogens is 1. The molecule has 3 rings (SSSR count). The molecule has 0 unspecified atom stereocenters. The van der Waals surface area contributed by atoms with E-state index in [9.17, 15) is 18.0 Å². The van der Waals surface area contributed by atoms with Crippen LogP contribution in [0.5, 0.6) is 0 Å². The fourth-order valence-electron chi connectivity index (χ4n) is 2.26. The van der Waals surface area contributed by atoms with Gasteiger partial charge in [-0.15, -0.1) is 0 Å². The van der Waals surface area contributed by atoms with Crippen LogP contribution in [0.15, 0.2) is 60.0 Å². The SMILES string of the molecule is O=C(NCc1ccc(C(F)(F)F)cc1)c1ccc(CSc2ncn[nH]2)cc1. The average Bonchev–Trinajstić information content (AvgIpc) is 3.18. The minimum atomic E-state index is -4.37. The third-order valence-corrected chi connectivity index (χ3v) is 4.67. The molecule has 0 fully saturated rings. The Morgan fingerprint density at radius 2 is 1.70 bits per heavy atom. The molecule has 1 amide bonds. The maximum atomic E-state index is 12.5. The zero-order valence-corrected chi connectivity index (χ0v) is 14.8. The highest BCUT2D eigenvalue weighted by atomic mass is 32.2. The summed E-state index contributed by atoms with van der Waals surface area (Å²) >= 11 is 1.49. The number of thioether (sulfide) groups is 1. The van der Waals surface area contributed by atoms with Crippen LogP contribution >= 0.6 is 11.8 Å². The lowest BCUT2D eigenvalue weighted by Gasteiger charge is -2.09. The summed E-state index contributed by atoms with van der Waals surface area (Å²) in [5.41, 5.74) is 1.39. The molecule has 0 radical (unpaired) electrons. The fraction of sp³-hybridized carbons (Fsp3) is 0.167. The molecule has 0 saturated heterocycles. The number of amides is 1. The number of rotatable bonds is 6. The Morgan fingerprint density at radius 3 is 2.30 bits per heavy atom. The molecule has 27 heavy (non-hydrogen) atoms. The van der Waals surface area contributed by atoms with Gasteiger partial charge in [-0.1, -0.05) is 36.0 Å². The summed E-state index contributed by atoms with van der Waals surface area (Å²) in [6.45, 7) is 0.153. The quantitative estimate of drug-likeness (QED) is 0.621. The molecule has 0 aliphatic rings. The van der Waals surface area contributed by atoms with Crippen LogP contribution in [0.1, 0.15) is 27.0 Å². The van der Waals surface area contributed by atoms with Crippen molar-refractivity contribution in [2.24, 2.45) is 0 Å². The minimum absolute atomic E-state index is 0.153. The van der Waals surface area contributed by atoms with Gasteiger partial charge in [-0.2, -0.15) is 18.3 Å². The van der Waals surface area contributed by atoms with E-state index in [0.29, 0.717) is 22.0 Å². The van der Waals surface area contributed by atoms with Gasteiger partial charge >= 0.3 is 6.18 Å². The first kappa shape index (κ1) is 19.0. The summed E-state index contributed by atoms with van der Waals surface area (Å²) in [5.74, 6) is 0.396. The Morgan fingerprint density at radius 1 is 1.04 bits per heavy atom. The Hall–Kier alpha value is -2.81. The number of benzene rings is 2. The van der Waals surface area contributed by atoms with Gasteiger partial charge in [0.25, 0.3) is 5.91 Å². The number of aromatic amines is 1. The Kier molecular flexibility index (Phi) is 5.80. The van der Waals surface area contributed by atoms with Crippen LogP contribution in [0.25, 0.3) is 0 Å². The smallest absolute Gasteiger partial charge is 0.348 e. The number of nitrogens with one attached hydrogen (secondary N) is 2. The summed E-state index contributed by atoms with van der Waals surface area (Å²) in [6, 6.07) is 11.8. The molecule has 2 aromatic carbocycles. The standard InChI is InChI=1S/C18H15F3N4OS/c19-18(20,21)15-7-3-12(4-8-15)9-22-16(26)14-5-1-13(2-6-14)10-27-17-23-11-24-25-17/h1-8,11H,9-10H2,(H,22,26)(H,23,24,25). The summed E-state index contributed by atoms with van der Waals surface area (Å²) in [7, 11) is 0. The molecule has 3 aromatic rings. The van der Waals surface area contributed by atoms with E-state index >= 15 is 0 Å². The zero-order valence-electron chi connectivity index (χ0n) is 14.0. The Labute approximate surface area is 157 Å². The lowest BCUT2D eigenvalue weighted by Crippen LogP contribution is -2.22. The highest BCUT2D eigenvalue weighted by Gasteiger charge is 2.29. The van der Waals surface area contributed by atoms with E-state index in [2.05, 4.69) is 20.5 Å². The van der Waals surface area contributed by atoms with E-state index in [1.807, 2.05) is 12.1 Å². The van der Waals surface area contributed by atoms with Crippen molar-refractivity contribution in [3.8, 4) is 0 Å². The van der Waals surface area contributed by atoms with Crippen molar-refractivity contribution in [2.75, 3.05) is 0 Å². The van der Waals surface area contributed by atoms with Crippen molar-refractivity contribution in [3.63, 3.8) is 0 Å². The van der Waals surface area contributed by atoms with Gasteiger partial charge in [0.1, 0.15) is 6.33 Å². The number of carbonyl (C=O) groups is 1. The first-order valence-corrected chi connectivity index (χ1v) is 8.92. The average molecular weight is 392 g/mol. The first-order chi connectivity index (χ1) is 12.9. The molecule has 0 bridgehead atoms. The van der Waals surface area contributed by atoms with Crippen molar-refractivity contribution in [3.05, 3.63) is 77.1 Å². The highest BCUT2D eigenvalue weighted by Crippen LogP contribution is 2.29. The van der Waals surface area contributed by atoms with E-state index in [1.54, 1.807) is 12.1 Å². The predicted octanol–water partition coefficient (Wildman–Crippen LogP) is 4.05. The van der Waals surface area contributed by atoms with Crippen molar-refractivity contribution >= 4 is 17.7 Å². The molecule has 1 heterocycles. The molecule has 140 valence electrons. The second-order valence-corrected chi connectivity index (χ2v) is 6.62. The van der Waals surface area contributed by atoms with Gasteiger partial charge in [0.05, 0.1) is 5.56 Å². The van der Waals surface area contributed by atoms with Crippen molar-refractivity contribution in [1.29, 1.82) is 0 Å². The molecule has 0 spiro atoms. The molecule has 0 saturated carbocycles. The first-order valence-electron chi connectivity index (χ1n) is 7.93.